The number of hydrogen-bond donors (Lipinski definition) is 2. The quantitative estimate of drug-likeness (QED) is 0.550. The summed E-state index contributed by atoms with van der Waals surface area (Å²) in [7, 11) is 0. The van der Waals surface area contributed by atoms with Gasteiger partial charge in [-0.15, -0.1) is 0 Å². The smallest absolute Gasteiger partial charge is 0.306 e. The first-order chi connectivity index (χ1) is 11.7. The van der Waals surface area contributed by atoms with Gasteiger partial charge in [0, 0.05) is 6.42 Å². The van der Waals surface area contributed by atoms with Crippen LogP contribution in [0.25, 0.3) is 0 Å². The van der Waals surface area contributed by atoms with E-state index in [-0.39, 0.29) is 6.42 Å². The maximum absolute atomic E-state index is 13.4. The van der Waals surface area contributed by atoms with Crippen molar-refractivity contribution in [3.05, 3.63) is 29.6 Å². The van der Waals surface area contributed by atoms with Gasteiger partial charge in [0.05, 0.1) is 12.2 Å². The van der Waals surface area contributed by atoms with E-state index in [0.717, 1.165) is 6.07 Å². The maximum atomic E-state index is 13.4. The van der Waals surface area contributed by atoms with Crippen LogP contribution in [0, 0.1) is 23.4 Å². The predicted molar refractivity (Wildman–Crippen MR) is 83.0 cm³/mol. The zero-order chi connectivity index (χ0) is 19.0. The van der Waals surface area contributed by atoms with Crippen molar-refractivity contribution in [3.63, 3.8) is 0 Å². The van der Waals surface area contributed by atoms with Crippen LogP contribution in [0.1, 0.15) is 26.7 Å². The number of esters is 1. The highest BCUT2D eigenvalue weighted by Crippen LogP contribution is 2.19. The molecule has 1 rings (SSSR count). The molecule has 0 radical (unpaired) electrons. The third-order valence-corrected chi connectivity index (χ3v) is 3.05. The van der Waals surface area contributed by atoms with Crippen LogP contribution in [0.5, 0.6) is 0 Å². The molecule has 0 fully saturated rings. The van der Waals surface area contributed by atoms with Crippen LogP contribution >= 0.6 is 0 Å². The number of nitrogens with one attached hydrogen (secondary N) is 2. The third kappa shape index (κ3) is 7.23. The van der Waals surface area contributed by atoms with E-state index in [1.165, 1.54) is 0 Å². The lowest BCUT2D eigenvalue weighted by Crippen LogP contribution is -2.35. The van der Waals surface area contributed by atoms with Gasteiger partial charge >= 0.3 is 5.97 Å². The third-order valence-electron chi connectivity index (χ3n) is 3.05. The molecule has 0 saturated heterocycles. The molecule has 138 valence electrons. The second-order valence-corrected chi connectivity index (χ2v) is 5.64. The number of amides is 2. The van der Waals surface area contributed by atoms with E-state index in [2.05, 4.69) is 5.32 Å². The van der Waals surface area contributed by atoms with Crippen LogP contribution in [0.15, 0.2) is 12.1 Å². The maximum Gasteiger partial charge on any atom is 0.306 e. The summed E-state index contributed by atoms with van der Waals surface area (Å²) in [5.41, 5.74) is -0.557. The molecule has 1 aromatic carbocycles. The highest BCUT2D eigenvalue weighted by molar-refractivity contribution is 5.94. The molecule has 9 heteroatoms. The lowest BCUT2D eigenvalue weighted by atomic mass is 10.1. The molecular formula is C16H19F3N2O4. The number of hydrogen-bond acceptors (Lipinski definition) is 4. The zero-order valence-electron chi connectivity index (χ0n) is 13.8. The second kappa shape index (κ2) is 9.65. The van der Waals surface area contributed by atoms with E-state index in [4.69, 9.17) is 4.74 Å². The van der Waals surface area contributed by atoms with Gasteiger partial charge in [-0.25, -0.2) is 13.2 Å². The van der Waals surface area contributed by atoms with Crippen molar-refractivity contribution in [2.24, 2.45) is 5.92 Å². The van der Waals surface area contributed by atoms with E-state index in [1.54, 1.807) is 0 Å². The van der Waals surface area contributed by atoms with E-state index in [9.17, 15) is 27.6 Å². The highest BCUT2D eigenvalue weighted by Gasteiger charge is 2.16. The molecule has 0 spiro atoms. The Kier molecular flexibility index (Phi) is 7.90. The van der Waals surface area contributed by atoms with E-state index in [1.807, 2.05) is 19.2 Å². The van der Waals surface area contributed by atoms with Gasteiger partial charge in [-0.3, -0.25) is 14.4 Å². The van der Waals surface area contributed by atoms with Crippen molar-refractivity contribution in [3.8, 4) is 0 Å². The summed E-state index contributed by atoms with van der Waals surface area (Å²) in [6, 6.07) is 1.51. The van der Waals surface area contributed by atoms with Gasteiger partial charge < -0.3 is 15.4 Å². The molecule has 0 saturated carbocycles. The number of benzene rings is 1. The number of rotatable bonds is 8. The molecule has 0 bridgehead atoms. The summed E-state index contributed by atoms with van der Waals surface area (Å²) >= 11 is 0. The van der Waals surface area contributed by atoms with Gasteiger partial charge in [0.15, 0.2) is 24.1 Å². The fraction of sp³-hybridized carbons (Fsp3) is 0.438. The van der Waals surface area contributed by atoms with E-state index < -0.39 is 54.1 Å². The molecule has 0 aliphatic rings. The molecule has 0 atom stereocenters. The first-order valence-electron chi connectivity index (χ1n) is 7.56. The molecular weight excluding hydrogens is 341 g/mol. The van der Waals surface area contributed by atoms with Crippen LogP contribution in [0.2, 0.25) is 0 Å². The van der Waals surface area contributed by atoms with Crippen molar-refractivity contribution < 1.29 is 32.3 Å². The standard InChI is InChI=1S/C16H19F3N2O4/c1-9(2)3-6-14(24)25-8-13(23)20-7-12(22)21-11-5-4-10(17)15(18)16(11)19/h4-5,9H,3,6-8H2,1-2H3,(H,20,23)(H,21,22). The Morgan fingerprint density at radius 3 is 2.40 bits per heavy atom. The largest absolute Gasteiger partial charge is 0.456 e. The minimum absolute atomic E-state index is 0.181. The Morgan fingerprint density at radius 2 is 1.76 bits per heavy atom. The SMILES string of the molecule is CC(C)CCC(=O)OCC(=O)NCC(=O)Nc1ccc(F)c(F)c1F. The topological polar surface area (TPSA) is 84.5 Å². The summed E-state index contributed by atoms with van der Waals surface area (Å²) in [6.07, 6.45) is 0.809. The number of anilines is 1. The van der Waals surface area contributed by atoms with Gasteiger partial charge in [0.25, 0.3) is 5.91 Å². The highest BCUT2D eigenvalue weighted by atomic mass is 19.2. The van der Waals surface area contributed by atoms with Crippen LogP contribution in [-0.4, -0.2) is 30.9 Å². The van der Waals surface area contributed by atoms with Crippen molar-refractivity contribution >= 4 is 23.5 Å². The molecule has 0 unspecified atom stereocenters. The molecule has 0 aliphatic carbocycles. The van der Waals surface area contributed by atoms with E-state index in [0.29, 0.717) is 18.4 Å². The van der Waals surface area contributed by atoms with Crippen molar-refractivity contribution in [2.45, 2.75) is 26.7 Å². The summed E-state index contributed by atoms with van der Waals surface area (Å²) < 4.78 is 43.9. The predicted octanol–water partition coefficient (Wildman–Crippen LogP) is 2.14. The number of carbonyl (C=O) groups is 3. The number of halogens is 3. The van der Waals surface area contributed by atoms with E-state index >= 15 is 0 Å². The van der Waals surface area contributed by atoms with Crippen molar-refractivity contribution in [1.29, 1.82) is 0 Å². The molecule has 6 nitrogen and oxygen atoms in total. The normalized spacial score (nSPS) is 10.5. The Balaban J connectivity index is 2.35. The van der Waals surface area contributed by atoms with Crippen molar-refractivity contribution in [1.82, 2.24) is 5.32 Å². The summed E-state index contributed by atoms with van der Waals surface area (Å²) in [5, 5.41) is 4.14. The fourth-order valence-electron chi connectivity index (χ4n) is 1.67. The molecule has 0 aromatic heterocycles. The Bertz CT molecular complexity index is 651. The monoisotopic (exact) mass is 360 g/mol. The second-order valence-electron chi connectivity index (χ2n) is 5.64. The average molecular weight is 360 g/mol. The molecule has 0 aliphatic heterocycles. The summed E-state index contributed by atoms with van der Waals surface area (Å²) in [6.45, 7) is 2.77. The number of carbonyl (C=O) groups excluding carboxylic acids is 3. The van der Waals surface area contributed by atoms with Crippen LogP contribution in [-0.2, 0) is 19.1 Å². The fourth-order valence-corrected chi connectivity index (χ4v) is 1.67. The number of ether oxygens (including phenoxy) is 1. The first-order valence-corrected chi connectivity index (χ1v) is 7.56. The molecule has 0 heterocycles. The van der Waals surface area contributed by atoms with Gasteiger partial charge in [-0.2, -0.15) is 0 Å². The average Bonchev–Trinajstić information content (AvgIpc) is 2.56. The molecule has 2 amide bonds. The Labute approximate surface area is 142 Å². The molecule has 1 aromatic rings. The summed E-state index contributed by atoms with van der Waals surface area (Å²) in [5.74, 6) is -6.43. The summed E-state index contributed by atoms with van der Waals surface area (Å²) in [4.78, 5) is 34.4. The van der Waals surface area contributed by atoms with Gasteiger partial charge in [0.1, 0.15) is 0 Å². The van der Waals surface area contributed by atoms with Crippen molar-refractivity contribution in [2.75, 3.05) is 18.5 Å². The van der Waals surface area contributed by atoms with Crippen LogP contribution in [0.3, 0.4) is 0 Å². The lowest BCUT2D eigenvalue weighted by Gasteiger charge is -2.09. The minimum Gasteiger partial charge on any atom is -0.456 e. The minimum atomic E-state index is -1.71. The first kappa shape index (κ1) is 20.5. The zero-order valence-corrected chi connectivity index (χ0v) is 13.8. The Hall–Kier alpha value is -2.58. The Morgan fingerprint density at radius 1 is 1.08 bits per heavy atom. The molecule has 25 heavy (non-hydrogen) atoms. The van der Waals surface area contributed by atoms with Gasteiger partial charge in [-0.05, 0) is 24.5 Å². The molecule has 2 N–H and O–H groups in total. The van der Waals surface area contributed by atoms with Gasteiger partial charge in [-0.1, -0.05) is 13.8 Å². The van der Waals surface area contributed by atoms with Gasteiger partial charge in [0.2, 0.25) is 5.91 Å². The van der Waals surface area contributed by atoms with Crippen LogP contribution in [0.4, 0.5) is 18.9 Å². The lowest BCUT2D eigenvalue weighted by molar-refractivity contribution is -0.148. The van der Waals surface area contributed by atoms with Crippen LogP contribution < -0.4 is 10.6 Å².